The SMILES string of the molecule is Cc1cc(C2=NNC(=Nc3c(C)n(C)n(-c4ccccc4)c3=O)SC2)c(C)n1C[C@@H]1CCCO1. The lowest BCUT2D eigenvalue weighted by atomic mass is 10.1. The molecule has 0 spiro atoms. The molecule has 1 fully saturated rings. The van der Waals surface area contributed by atoms with Gasteiger partial charge in [-0.2, -0.15) is 5.10 Å². The van der Waals surface area contributed by atoms with Crippen molar-refractivity contribution in [1.29, 1.82) is 0 Å². The molecule has 3 aromatic rings. The van der Waals surface area contributed by atoms with Gasteiger partial charge in [0.15, 0.2) is 10.9 Å². The van der Waals surface area contributed by atoms with Gasteiger partial charge in [0, 0.05) is 42.9 Å². The Morgan fingerprint density at radius 2 is 2.00 bits per heavy atom. The molecule has 0 unspecified atom stereocenters. The number of aliphatic imine (C=N–C) groups is 1. The second-order valence-electron chi connectivity index (χ2n) is 8.82. The van der Waals surface area contributed by atoms with Crippen LogP contribution in [0.1, 0.15) is 35.5 Å². The average molecular weight is 479 g/mol. The number of nitrogens with zero attached hydrogens (tertiary/aromatic N) is 5. The van der Waals surface area contributed by atoms with Gasteiger partial charge in [0.25, 0.3) is 5.56 Å². The Morgan fingerprint density at radius 3 is 2.68 bits per heavy atom. The van der Waals surface area contributed by atoms with E-state index in [0.29, 0.717) is 22.7 Å². The number of benzene rings is 1. The Morgan fingerprint density at radius 1 is 1.21 bits per heavy atom. The molecule has 1 N–H and O–H groups in total. The maximum absolute atomic E-state index is 13.1. The molecule has 1 saturated heterocycles. The highest BCUT2D eigenvalue weighted by Crippen LogP contribution is 2.24. The summed E-state index contributed by atoms with van der Waals surface area (Å²) in [6.45, 7) is 7.94. The van der Waals surface area contributed by atoms with E-state index in [-0.39, 0.29) is 5.56 Å². The van der Waals surface area contributed by atoms with Crippen molar-refractivity contribution in [3.05, 3.63) is 69.4 Å². The number of hydrazone groups is 1. The highest BCUT2D eigenvalue weighted by Gasteiger charge is 2.23. The van der Waals surface area contributed by atoms with Gasteiger partial charge < -0.3 is 9.30 Å². The summed E-state index contributed by atoms with van der Waals surface area (Å²) in [5.74, 6) is 0.689. The van der Waals surface area contributed by atoms with Crippen LogP contribution in [0.15, 0.2) is 51.3 Å². The molecule has 0 bridgehead atoms. The molecule has 178 valence electrons. The lowest BCUT2D eigenvalue weighted by Crippen LogP contribution is -2.26. The maximum atomic E-state index is 13.1. The van der Waals surface area contributed by atoms with E-state index in [9.17, 15) is 4.79 Å². The van der Waals surface area contributed by atoms with Crippen LogP contribution >= 0.6 is 11.8 Å². The van der Waals surface area contributed by atoms with Crippen LogP contribution in [0.5, 0.6) is 0 Å². The quantitative estimate of drug-likeness (QED) is 0.605. The molecule has 0 amide bonds. The van der Waals surface area contributed by atoms with Crippen LogP contribution in [0.2, 0.25) is 0 Å². The Labute approximate surface area is 203 Å². The molecule has 5 rings (SSSR count). The molecule has 34 heavy (non-hydrogen) atoms. The number of amidine groups is 1. The second kappa shape index (κ2) is 9.31. The minimum atomic E-state index is -0.145. The molecule has 2 aliphatic rings. The highest BCUT2D eigenvalue weighted by molar-refractivity contribution is 8.14. The average Bonchev–Trinajstić information content (AvgIpc) is 3.52. The van der Waals surface area contributed by atoms with E-state index >= 15 is 0 Å². The van der Waals surface area contributed by atoms with Crippen LogP contribution in [0.4, 0.5) is 5.69 Å². The van der Waals surface area contributed by atoms with Crippen LogP contribution < -0.4 is 11.0 Å². The molecule has 2 aliphatic heterocycles. The Kier molecular flexibility index (Phi) is 6.22. The first kappa shape index (κ1) is 22.7. The van der Waals surface area contributed by atoms with Gasteiger partial charge in [-0.15, -0.1) is 0 Å². The highest BCUT2D eigenvalue weighted by atomic mass is 32.2. The van der Waals surface area contributed by atoms with Crippen molar-refractivity contribution in [1.82, 2.24) is 19.4 Å². The molecule has 9 heteroatoms. The van der Waals surface area contributed by atoms with Gasteiger partial charge in [0.1, 0.15) is 0 Å². The van der Waals surface area contributed by atoms with Crippen molar-refractivity contribution < 1.29 is 4.74 Å². The fourth-order valence-electron chi connectivity index (χ4n) is 4.66. The molecular weight excluding hydrogens is 448 g/mol. The Balaban J connectivity index is 1.39. The maximum Gasteiger partial charge on any atom is 0.297 e. The van der Waals surface area contributed by atoms with Crippen molar-refractivity contribution in [2.24, 2.45) is 17.1 Å². The molecule has 4 heterocycles. The lowest BCUT2D eigenvalue weighted by molar-refractivity contribution is 0.0962. The first-order valence-corrected chi connectivity index (χ1v) is 12.6. The zero-order valence-corrected chi connectivity index (χ0v) is 20.9. The number of nitrogens with one attached hydrogen (secondary N) is 1. The third kappa shape index (κ3) is 4.14. The van der Waals surface area contributed by atoms with Gasteiger partial charge in [-0.05, 0) is 51.8 Å². The summed E-state index contributed by atoms with van der Waals surface area (Å²) in [5.41, 5.74) is 9.54. The van der Waals surface area contributed by atoms with Gasteiger partial charge in [-0.3, -0.25) is 14.9 Å². The smallest absolute Gasteiger partial charge is 0.297 e. The lowest BCUT2D eigenvalue weighted by Gasteiger charge is -2.17. The first-order chi connectivity index (χ1) is 16.4. The van der Waals surface area contributed by atoms with Gasteiger partial charge >= 0.3 is 0 Å². The minimum Gasteiger partial charge on any atom is -0.376 e. The normalized spacial score (nSPS) is 19.5. The number of rotatable bonds is 5. The number of para-hydroxylation sites is 1. The van der Waals surface area contributed by atoms with Gasteiger partial charge in [-0.25, -0.2) is 9.67 Å². The van der Waals surface area contributed by atoms with Gasteiger partial charge in [0.2, 0.25) is 0 Å². The first-order valence-electron chi connectivity index (χ1n) is 11.6. The zero-order valence-electron chi connectivity index (χ0n) is 20.0. The summed E-state index contributed by atoms with van der Waals surface area (Å²) in [6.07, 6.45) is 2.56. The monoisotopic (exact) mass is 478 g/mol. The summed E-state index contributed by atoms with van der Waals surface area (Å²) in [4.78, 5) is 17.8. The molecule has 0 aliphatic carbocycles. The van der Waals surface area contributed by atoms with E-state index in [2.05, 4.69) is 40.0 Å². The van der Waals surface area contributed by atoms with Crippen LogP contribution in [-0.4, -0.2) is 43.3 Å². The van der Waals surface area contributed by atoms with E-state index in [1.165, 1.54) is 11.4 Å². The zero-order chi connectivity index (χ0) is 23.8. The van der Waals surface area contributed by atoms with Crippen molar-refractivity contribution in [2.45, 2.75) is 46.3 Å². The number of aromatic nitrogens is 3. The fraction of sp³-hybridized carbons (Fsp3) is 0.400. The molecule has 1 aromatic carbocycles. The van der Waals surface area contributed by atoms with E-state index in [1.807, 2.05) is 49.0 Å². The van der Waals surface area contributed by atoms with Crippen molar-refractivity contribution in [2.75, 3.05) is 12.4 Å². The molecule has 2 aromatic heterocycles. The number of aryl methyl sites for hydroxylation is 1. The summed E-state index contributed by atoms with van der Waals surface area (Å²) >= 11 is 1.56. The van der Waals surface area contributed by atoms with E-state index in [1.54, 1.807) is 16.4 Å². The second-order valence-corrected chi connectivity index (χ2v) is 9.78. The third-order valence-corrected chi connectivity index (χ3v) is 7.54. The van der Waals surface area contributed by atoms with E-state index < -0.39 is 0 Å². The largest absolute Gasteiger partial charge is 0.376 e. The van der Waals surface area contributed by atoms with Gasteiger partial charge in [-0.1, -0.05) is 30.0 Å². The summed E-state index contributed by atoms with van der Waals surface area (Å²) in [5, 5.41) is 5.25. The minimum absolute atomic E-state index is 0.145. The van der Waals surface area contributed by atoms with Crippen LogP contribution in [0, 0.1) is 20.8 Å². The summed E-state index contributed by atoms with van der Waals surface area (Å²) < 4.78 is 11.6. The number of thioether (sulfide) groups is 1. The molecule has 0 saturated carbocycles. The van der Waals surface area contributed by atoms with Crippen LogP contribution in [0.25, 0.3) is 5.69 Å². The standard InChI is InChI=1S/C25H30N6O2S/c1-16-13-21(17(2)30(16)14-20-11-8-12-33-20)22-15-34-25(28-27-22)26-23-18(3)29(4)31(24(23)32)19-9-6-5-7-10-19/h5-7,9-10,13,20H,8,11-12,14-15H2,1-4H3,(H,26,28)/t20-/m0/s1. The molecule has 0 radical (unpaired) electrons. The Bertz CT molecular complexity index is 1330. The summed E-state index contributed by atoms with van der Waals surface area (Å²) in [7, 11) is 1.87. The molecule has 1 atom stereocenters. The van der Waals surface area contributed by atoms with Crippen molar-refractivity contribution in [3.63, 3.8) is 0 Å². The summed E-state index contributed by atoms with van der Waals surface area (Å²) in [6, 6.07) is 11.8. The predicted octanol–water partition coefficient (Wildman–Crippen LogP) is 3.81. The van der Waals surface area contributed by atoms with E-state index in [0.717, 1.165) is 48.6 Å². The van der Waals surface area contributed by atoms with E-state index in [4.69, 9.17) is 4.74 Å². The van der Waals surface area contributed by atoms with Crippen LogP contribution in [-0.2, 0) is 18.3 Å². The predicted molar refractivity (Wildman–Crippen MR) is 138 cm³/mol. The molecule has 8 nitrogen and oxygen atoms in total. The number of hydrogen-bond acceptors (Lipinski definition) is 5. The third-order valence-electron chi connectivity index (χ3n) is 6.66. The van der Waals surface area contributed by atoms with Gasteiger partial charge in [0.05, 0.1) is 23.2 Å². The van der Waals surface area contributed by atoms with Crippen LogP contribution in [0.3, 0.4) is 0 Å². The topological polar surface area (TPSA) is 77.8 Å². The number of ether oxygens (including phenoxy) is 1. The number of hydrogen-bond donors (Lipinski definition) is 1. The van der Waals surface area contributed by atoms with Crippen molar-refractivity contribution in [3.8, 4) is 5.69 Å². The fourth-order valence-corrected chi connectivity index (χ4v) is 5.42. The van der Waals surface area contributed by atoms with Crippen molar-refractivity contribution >= 4 is 28.3 Å². The molecular formula is C25H30N6O2S. The Hall–Kier alpha value is -3.04.